The molecule has 1 fully saturated rings. The number of thioether (sulfide) groups is 1. The van der Waals surface area contributed by atoms with E-state index in [9.17, 15) is 4.79 Å². The van der Waals surface area contributed by atoms with E-state index in [1.807, 2.05) is 30.0 Å². The van der Waals surface area contributed by atoms with Gasteiger partial charge in [0.1, 0.15) is 5.82 Å². The quantitative estimate of drug-likeness (QED) is 0.893. The average Bonchev–Trinajstić information content (AvgIpc) is 2.92. The second-order valence-corrected chi connectivity index (χ2v) is 6.04. The first-order chi connectivity index (χ1) is 9.33. The third-order valence-corrected chi connectivity index (χ3v) is 4.64. The molecule has 1 aliphatic heterocycles. The van der Waals surface area contributed by atoms with Crippen molar-refractivity contribution in [2.24, 2.45) is 5.92 Å². The van der Waals surface area contributed by atoms with Crippen LogP contribution in [0.2, 0.25) is 0 Å². The summed E-state index contributed by atoms with van der Waals surface area (Å²) >= 11 is 2.02. The van der Waals surface area contributed by atoms with Crippen LogP contribution in [0.1, 0.15) is 12.2 Å². The van der Waals surface area contributed by atoms with Crippen LogP contribution in [-0.2, 0) is 6.54 Å². The highest BCUT2D eigenvalue weighted by Crippen LogP contribution is 2.22. The highest BCUT2D eigenvalue weighted by molar-refractivity contribution is 7.99. The lowest BCUT2D eigenvalue weighted by atomic mass is 10.1. The van der Waals surface area contributed by atoms with Crippen LogP contribution in [0.15, 0.2) is 29.1 Å². The number of hydrogen-bond donors (Lipinski definition) is 2. The molecule has 1 atom stereocenters. The second kappa shape index (κ2) is 5.75. The largest absolute Gasteiger partial charge is 0.310 e. The maximum absolute atomic E-state index is 11.9. The Labute approximate surface area is 116 Å². The van der Waals surface area contributed by atoms with E-state index in [-0.39, 0.29) is 5.56 Å². The number of fused-ring (bicyclic) bond motifs is 1. The molecule has 0 aliphatic carbocycles. The maximum atomic E-state index is 11.9. The summed E-state index contributed by atoms with van der Waals surface area (Å²) in [4.78, 5) is 19.2. The Morgan fingerprint density at radius 3 is 3.16 bits per heavy atom. The first kappa shape index (κ1) is 12.7. The van der Waals surface area contributed by atoms with Crippen molar-refractivity contribution in [3.05, 3.63) is 40.4 Å². The Hall–Kier alpha value is -1.33. The van der Waals surface area contributed by atoms with E-state index in [2.05, 4.69) is 15.3 Å². The summed E-state index contributed by atoms with van der Waals surface area (Å²) in [6.07, 6.45) is 1.29. The van der Waals surface area contributed by atoms with Crippen LogP contribution in [0.25, 0.3) is 10.9 Å². The van der Waals surface area contributed by atoms with Gasteiger partial charge in [-0.15, -0.1) is 0 Å². The van der Waals surface area contributed by atoms with Crippen LogP contribution in [0.4, 0.5) is 0 Å². The zero-order valence-electron chi connectivity index (χ0n) is 10.7. The average molecular weight is 275 g/mol. The molecule has 0 amide bonds. The number of benzene rings is 1. The number of aromatic nitrogens is 2. The molecule has 1 aliphatic rings. The van der Waals surface area contributed by atoms with Crippen molar-refractivity contribution in [1.82, 2.24) is 15.3 Å². The van der Waals surface area contributed by atoms with Gasteiger partial charge in [0.05, 0.1) is 17.4 Å². The molecular weight excluding hydrogens is 258 g/mol. The Kier molecular flexibility index (Phi) is 3.84. The number of para-hydroxylation sites is 1. The van der Waals surface area contributed by atoms with E-state index in [1.54, 1.807) is 6.07 Å². The van der Waals surface area contributed by atoms with Gasteiger partial charge < -0.3 is 10.3 Å². The van der Waals surface area contributed by atoms with Gasteiger partial charge in [-0.3, -0.25) is 4.79 Å². The lowest BCUT2D eigenvalue weighted by molar-refractivity contribution is 0.516. The smallest absolute Gasteiger partial charge is 0.258 e. The third kappa shape index (κ3) is 2.98. The highest BCUT2D eigenvalue weighted by Gasteiger charge is 2.14. The molecule has 0 spiro atoms. The molecule has 0 bridgehead atoms. The van der Waals surface area contributed by atoms with Crippen LogP contribution >= 0.6 is 11.8 Å². The molecule has 3 rings (SSSR count). The van der Waals surface area contributed by atoms with E-state index in [0.29, 0.717) is 17.8 Å². The predicted octanol–water partition coefficient (Wildman–Crippen LogP) is 1.77. The zero-order chi connectivity index (χ0) is 13.1. The van der Waals surface area contributed by atoms with Gasteiger partial charge in [-0.25, -0.2) is 4.98 Å². The standard InChI is InChI=1S/C14H17N3OS/c18-14-11-3-1-2-4-12(11)16-13(17-14)8-15-7-10-5-6-19-9-10/h1-4,10,15H,5-9H2,(H,16,17,18). The van der Waals surface area contributed by atoms with Gasteiger partial charge in [0, 0.05) is 0 Å². The van der Waals surface area contributed by atoms with Gasteiger partial charge in [0.2, 0.25) is 0 Å². The highest BCUT2D eigenvalue weighted by atomic mass is 32.2. The third-order valence-electron chi connectivity index (χ3n) is 3.41. The molecule has 0 saturated carbocycles. The second-order valence-electron chi connectivity index (χ2n) is 4.89. The summed E-state index contributed by atoms with van der Waals surface area (Å²) in [5.74, 6) is 4.00. The van der Waals surface area contributed by atoms with Gasteiger partial charge >= 0.3 is 0 Å². The first-order valence-corrected chi connectivity index (χ1v) is 7.75. The van der Waals surface area contributed by atoms with E-state index in [4.69, 9.17) is 0 Å². The molecule has 19 heavy (non-hydrogen) atoms. The maximum Gasteiger partial charge on any atom is 0.258 e. The number of nitrogens with zero attached hydrogens (tertiary/aromatic N) is 1. The monoisotopic (exact) mass is 275 g/mol. The van der Waals surface area contributed by atoms with Crippen LogP contribution < -0.4 is 10.9 Å². The number of H-pyrrole nitrogens is 1. The molecule has 0 radical (unpaired) electrons. The molecule has 1 saturated heterocycles. The van der Waals surface area contributed by atoms with Gasteiger partial charge in [0.25, 0.3) is 5.56 Å². The fraction of sp³-hybridized carbons (Fsp3) is 0.429. The molecule has 1 aromatic heterocycles. The molecular formula is C14H17N3OS. The van der Waals surface area contributed by atoms with Gasteiger partial charge in [-0.05, 0) is 42.5 Å². The van der Waals surface area contributed by atoms with E-state index in [0.717, 1.165) is 18.0 Å². The Morgan fingerprint density at radius 1 is 1.42 bits per heavy atom. The summed E-state index contributed by atoms with van der Waals surface area (Å²) in [5.41, 5.74) is 0.707. The van der Waals surface area contributed by atoms with Crippen molar-refractivity contribution in [1.29, 1.82) is 0 Å². The lowest BCUT2D eigenvalue weighted by Gasteiger charge is -2.09. The normalized spacial score (nSPS) is 19.1. The minimum atomic E-state index is -0.0566. The zero-order valence-corrected chi connectivity index (χ0v) is 11.5. The first-order valence-electron chi connectivity index (χ1n) is 6.59. The van der Waals surface area contributed by atoms with Crippen molar-refractivity contribution in [2.75, 3.05) is 18.1 Å². The van der Waals surface area contributed by atoms with Crippen LogP contribution in [0.5, 0.6) is 0 Å². The van der Waals surface area contributed by atoms with Crippen molar-refractivity contribution >= 4 is 22.7 Å². The lowest BCUT2D eigenvalue weighted by Crippen LogP contribution is -2.24. The summed E-state index contributed by atoms with van der Waals surface area (Å²) in [6.45, 7) is 1.63. The van der Waals surface area contributed by atoms with Crippen LogP contribution in [0, 0.1) is 5.92 Å². The SMILES string of the molecule is O=c1[nH]c(CNCC2CCSC2)nc2ccccc12. The van der Waals surface area contributed by atoms with E-state index in [1.165, 1.54) is 17.9 Å². The van der Waals surface area contributed by atoms with Gasteiger partial charge in [-0.1, -0.05) is 12.1 Å². The summed E-state index contributed by atoms with van der Waals surface area (Å²) < 4.78 is 0. The number of nitrogens with one attached hydrogen (secondary N) is 2. The Morgan fingerprint density at radius 2 is 2.32 bits per heavy atom. The van der Waals surface area contributed by atoms with Crippen molar-refractivity contribution in [3.63, 3.8) is 0 Å². The number of rotatable bonds is 4. The molecule has 2 aromatic rings. The van der Waals surface area contributed by atoms with Crippen molar-refractivity contribution in [3.8, 4) is 0 Å². The minimum Gasteiger partial charge on any atom is -0.310 e. The van der Waals surface area contributed by atoms with Gasteiger partial charge in [-0.2, -0.15) is 11.8 Å². The van der Waals surface area contributed by atoms with Crippen LogP contribution in [-0.4, -0.2) is 28.0 Å². The predicted molar refractivity (Wildman–Crippen MR) is 79.5 cm³/mol. The molecule has 2 N–H and O–H groups in total. The summed E-state index contributed by atoms with van der Waals surface area (Å²) in [6, 6.07) is 7.44. The van der Waals surface area contributed by atoms with Gasteiger partial charge in [0.15, 0.2) is 0 Å². The molecule has 2 heterocycles. The molecule has 4 nitrogen and oxygen atoms in total. The fourth-order valence-electron chi connectivity index (χ4n) is 2.36. The molecule has 1 aromatic carbocycles. The van der Waals surface area contributed by atoms with Crippen LogP contribution in [0.3, 0.4) is 0 Å². The van der Waals surface area contributed by atoms with Crippen molar-refractivity contribution in [2.45, 2.75) is 13.0 Å². The van der Waals surface area contributed by atoms with E-state index >= 15 is 0 Å². The molecule has 5 heteroatoms. The minimum absolute atomic E-state index is 0.0566. The topological polar surface area (TPSA) is 57.8 Å². The fourth-order valence-corrected chi connectivity index (χ4v) is 3.64. The summed E-state index contributed by atoms with van der Waals surface area (Å²) in [7, 11) is 0. The Balaban J connectivity index is 1.69. The summed E-state index contributed by atoms with van der Waals surface area (Å²) in [5, 5.41) is 4.04. The number of aromatic amines is 1. The van der Waals surface area contributed by atoms with E-state index < -0.39 is 0 Å². The molecule has 1 unspecified atom stereocenters. The Bertz CT molecular complexity index is 619. The number of hydrogen-bond acceptors (Lipinski definition) is 4. The molecule has 100 valence electrons. The van der Waals surface area contributed by atoms with Crippen molar-refractivity contribution < 1.29 is 0 Å².